The highest BCUT2D eigenvalue weighted by atomic mass is 35.5. The molecule has 0 amide bonds. The number of nitrogens with one attached hydrogen (secondary N) is 1. The maximum absolute atomic E-state index is 11.3. The van der Waals surface area contributed by atoms with Crippen molar-refractivity contribution in [1.82, 2.24) is 5.32 Å². The van der Waals surface area contributed by atoms with E-state index < -0.39 is 12.0 Å². The Bertz CT molecular complexity index is 505. The Hall–Kier alpha value is -1.46. The molecule has 2 N–H and O–H groups in total. The van der Waals surface area contributed by atoms with Gasteiger partial charge < -0.3 is 19.9 Å². The molecule has 22 heavy (non-hydrogen) atoms. The molecule has 0 bridgehead atoms. The minimum atomic E-state index is -0.861. The predicted octanol–water partition coefficient (Wildman–Crippen LogP) is 3.34. The summed E-state index contributed by atoms with van der Waals surface area (Å²) in [5.41, 5.74) is 0.779. The molecular formula is C16H24ClNO4. The number of hydrogen-bond acceptors (Lipinski definition) is 4. The van der Waals surface area contributed by atoms with Crippen LogP contribution in [0.15, 0.2) is 12.1 Å². The van der Waals surface area contributed by atoms with E-state index >= 15 is 0 Å². The maximum atomic E-state index is 11.3. The van der Waals surface area contributed by atoms with Crippen LogP contribution in [0.1, 0.15) is 32.8 Å². The number of carboxylic acids is 1. The monoisotopic (exact) mass is 329 g/mol. The van der Waals surface area contributed by atoms with Crippen LogP contribution in [0.4, 0.5) is 0 Å². The van der Waals surface area contributed by atoms with Gasteiger partial charge in [-0.3, -0.25) is 4.79 Å². The Morgan fingerprint density at radius 3 is 2.59 bits per heavy atom. The SMILES string of the molecule is CCOc1c(CNC(CC(C)C)C(=O)O)cc(Cl)cc1OC. The topological polar surface area (TPSA) is 67.8 Å². The second kappa shape index (κ2) is 8.86. The van der Waals surface area contributed by atoms with Gasteiger partial charge in [0.2, 0.25) is 0 Å². The van der Waals surface area contributed by atoms with Crippen LogP contribution in [-0.4, -0.2) is 30.8 Å². The fourth-order valence-corrected chi connectivity index (χ4v) is 2.42. The molecular weight excluding hydrogens is 306 g/mol. The fraction of sp³-hybridized carbons (Fsp3) is 0.562. The predicted molar refractivity (Wildman–Crippen MR) is 86.9 cm³/mol. The highest BCUT2D eigenvalue weighted by Gasteiger charge is 2.20. The lowest BCUT2D eigenvalue weighted by Crippen LogP contribution is -2.37. The Balaban J connectivity index is 2.95. The number of ether oxygens (including phenoxy) is 2. The van der Waals surface area contributed by atoms with Gasteiger partial charge in [-0.25, -0.2) is 0 Å². The van der Waals surface area contributed by atoms with E-state index in [1.165, 1.54) is 0 Å². The molecule has 1 atom stereocenters. The zero-order valence-corrected chi connectivity index (χ0v) is 14.2. The van der Waals surface area contributed by atoms with Gasteiger partial charge in [-0.1, -0.05) is 25.4 Å². The number of methoxy groups -OCH3 is 1. The van der Waals surface area contributed by atoms with E-state index in [2.05, 4.69) is 5.32 Å². The molecule has 5 nitrogen and oxygen atoms in total. The van der Waals surface area contributed by atoms with Crippen LogP contribution in [0.3, 0.4) is 0 Å². The van der Waals surface area contributed by atoms with Crippen LogP contribution >= 0.6 is 11.6 Å². The van der Waals surface area contributed by atoms with Crippen molar-refractivity contribution in [3.63, 3.8) is 0 Å². The lowest BCUT2D eigenvalue weighted by Gasteiger charge is -2.19. The van der Waals surface area contributed by atoms with Crippen molar-refractivity contribution in [2.24, 2.45) is 5.92 Å². The van der Waals surface area contributed by atoms with Crippen molar-refractivity contribution in [3.8, 4) is 11.5 Å². The highest BCUT2D eigenvalue weighted by Crippen LogP contribution is 2.34. The summed E-state index contributed by atoms with van der Waals surface area (Å²) in [6.07, 6.45) is 0.553. The minimum Gasteiger partial charge on any atom is -0.493 e. The zero-order chi connectivity index (χ0) is 16.7. The first-order valence-corrected chi connectivity index (χ1v) is 7.72. The largest absolute Gasteiger partial charge is 0.493 e. The molecule has 0 aliphatic rings. The second-order valence-corrected chi connectivity index (χ2v) is 5.87. The third-order valence-electron chi connectivity index (χ3n) is 3.15. The lowest BCUT2D eigenvalue weighted by molar-refractivity contribution is -0.140. The van der Waals surface area contributed by atoms with Crippen molar-refractivity contribution in [3.05, 3.63) is 22.7 Å². The summed E-state index contributed by atoms with van der Waals surface area (Å²) in [6, 6.07) is 2.83. The fourth-order valence-electron chi connectivity index (χ4n) is 2.19. The lowest BCUT2D eigenvalue weighted by atomic mass is 10.0. The summed E-state index contributed by atoms with van der Waals surface area (Å²) < 4.78 is 10.9. The maximum Gasteiger partial charge on any atom is 0.320 e. The molecule has 124 valence electrons. The standard InChI is InChI=1S/C16H24ClNO4/c1-5-22-15-11(7-12(17)8-14(15)21-4)9-18-13(16(19)20)6-10(2)3/h7-8,10,13,18H,5-6,9H2,1-4H3,(H,19,20). The van der Waals surface area contributed by atoms with Crippen molar-refractivity contribution >= 4 is 17.6 Å². The molecule has 0 aliphatic heterocycles. The van der Waals surface area contributed by atoms with Gasteiger partial charge in [0.05, 0.1) is 13.7 Å². The molecule has 1 unspecified atom stereocenters. The molecule has 0 aliphatic carbocycles. The second-order valence-electron chi connectivity index (χ2n) is 5.43. The third kappa shape index (κ3) is 5.39. The van der Waals surface area contributed by atoms with Gasteiger partial charge in [0.15, 0.2) is 11.5 Å². The van der Waals surface area contributed by atoms with E-state index in [1.54, 1.807) is 19.2 Å². The summed E-state index contributed by atoms with van der Waals surface area (Å²) >= 11 is 6.08. The normalized spacial score (nSPS) is 12.3. The molecule has 6 heteroatoms. The van der Waals surface area contributed by atoms with E-state index in [0.717, 1.165) is 5.56 Å². The molecule has 1 aromatic carbocycles. The summed E-state index contributed by atoms with van der Waals surface area (Å²) in [6.45, 7) is 6.69. The van der Waals surface area contributed by atoms with E-state index in [4.69, 9.17) is 21.1 Å². The first-order chi connectivity index (χ1) is 10.4. The molecule has 0 spiro atoms. The van der Waals surface area contributed by atoms with Gasteiger partial charge in [0, 0.05) is 23.2 Å². The Morgan fingerprint density at radius 1 is 1.41 bits per heavy atom. The first-order valence-electron chi connectivity index (χ1n) is 7.34. The van der Waals surface area contributed by atoms with Gasteiger partial charge >= 0.3 is 5.97 Å². The van der Waals surface area contributed by atoms with Crippen molar-refractivity contribution in [2.45, 2.75) is 39.8 Å². The summed E-state index contributed by atoms with van der Waals surface area (Å²) in [7, 11) is 1.55. The number of carbonyl (C=O) groups is 1. The number of rotatable bonds is 9. The molecule has 0 fully saturated rings. The van der Waals surface area contributed by atoms with Gasteiger partial charge in [0.1, 0.15) is 6.04 Å². The van der Waals surface area contributed by atoms with Gasteiger partial charge in [-0.2, -0.15) is 0 Å². The summed E-state index contributed by atoms with van der Waals surface area (Å²) in [5, 5.41) is 12.9. The molecule has 0 aromatic heterocycles. The average Bonchev–Trinajstić information content (AvgIpc) is 2.44. The van der Waals surface area contributed by atoms with Gasteiger partial charge in [-0.15, -0.1) is 0 Å². The van der Waals surface area contributed by atoms with Crippen molar-refractivity contribution in [1.29, 1.82) is 0 Å². The van der Waals surface area contributed by atoms with Crippen molar-refractivity contribution in [2.75, 3.05) is 13.7 Å². The number of aliphatic carboxylic acids is 1. The van der Waals surface area contributed by atoms with E-state index in [1.807, 2.05) is 20.8 Å². The van der Waals surface area contributed by atoms with Gasteiger partial charge in [-0.05, 0) is 25.3 Å². The van der Waals surface area contributed by atoms with Crippen LogP contribution in [-0.2, 0) is 11.3 Å². The number of carboxylic acid groups (broad SMARTS) is 1. The number of benzene rings is 1. The average molecular weight is 330 g/mol. The number of halogens is 1. The summed E-state index contributed by atoms with van der Waals surface area (Å²) in [5.74, 6) is 0.562. The molecule has 0 saturated carbocycles. The van der Waals surface area contributed by atoms with Gasteiger partial charge in [0.25, 0.3) is 0 Å². The van der Waals surface area contributed by atoms with Crippen LogP contribution in [0, 0.1) is 5.92 Å². The number of hydrogen-bond donors (Lipinski definition) is 2. The van der Waals surface area contributed by atoms with E-state index in [9.17, 15) is 9.90 Å². The molecule has 0 heterocycles. The Labute approximate surface area is 136 Å². The molecule has 0 saturated heterocycles. The minimum absolute atomic E-state index is 0.286. The highest BCUT2D eigenvalue weighted by molar-refractivity contribution is 6.30. The van der Waals surface area contributed by atoms with Crippen LogP contribution in [0.5, 0.6) is 11.5 Å². The van der Waals surface area contributed by atoms with Crippen LogP contribution in [0.25, 0.3) is 0 Å². The van der Waals surface area contributed by atoms with E-state index in [0.29, 0.717) is 36.1 Å². The van der Waals surface area contributed by atoms with Crippen LogP contribution < -0.4 is 14.8 Å². The summed E-state index contributed by atoms with van der Waals surface area (Å²) in [4.78, 5) is 11.3. The third-order valence-corrected chi connectivity index (χ3v) is 3.37. The Kier molecular flexibility index (Phi) is 7.48. The molecule has 1 aromatic rings. The Morgan fingerprint density at radius 2 is 2.09 bits per heavy atom. The van der Waals surface area contributed by atoms with E-state index in [-0.39, 0.29) is 5.92 Å². The molecule has 0 radical (unpaired) electrons. The smallest absolute Gasteiger partial charge is 0.320 e. The molecule has 1 rings (SSSR count). The zero-order valence-electron chi connectivity index (χ0n) is 13.5. The first kappa shape index (κ1) is 18.6. The van der Waals surface area contributed by atoms with Crippen molar-refractivity contribution < 1.29 is 19.4 Å². The quantitative estimate of drug-likeness (QED) is 0.727. The van der Waals surface area contributed by atoms with Crippen LogP contribution in [0.2, 0.25) is 5.02 Å².